The minimum absolute atomic E-state index is 0.0144. The van der Waals surface area contributed by atoms with Crippen molar-refractivity contribution in [3.63, 3.8) is 0 Å². The average molecular weight is 1640 g/mol. The van der Waals surface area contributed by atoms with Crippen molar-refractivity contribution in [1.82, 2.24) is 29.7 Å². The van der Waals surface area contributed by atoms with E-state index >= 15 is 0 Å². The number of likely N-dealkylation sites (tertiary alicyclic amines) is 3. The minimum atomic E-state index is -0.457. The lowest BCUT2D eigenvalue weighted by atomic mass is 9.88. The Hall–Kier alpha value is -11.5. The number of aryl methyl sites for hydroxylation is 3. The molecule has 0 amide bonds. The van der Waals surface area contributed by atoms with Gasteiger partial charge in [-0.25, -0.2) is 14.4 Å². The molecule has 3 N–H and O–H groups in total. The maximum absolute atomic E-state index is 13.4. The summed E-state index contributed by atoms with van der Waals surface area (Å²) < 4.78 is 54.0. The van der Waals surface area contributed by atoms with Crippen molar-refractivity contribution in [3.05, 3.63) is 231 Å². The van der Waals surface area contributed by atoms with Crippen molar-refractivity contribution in [2.45, 2.75) is 170 Å². The number of esters is 3. The van der Waals surface area contributed by atoms with E-state index in [0.29, 0.717) is 142 Å². The molecule has 17 rings (SSSR count). The molecule has 9 heterocycles. The Morgan fingerprint density at radius 3 is 1.08 bits per heavy atom. The number of benzene rings is 7. The van der Waals surface area contributed by atoms with E-state index in [1.54, 1.807) is 78.7 Å². The van der Waals surface area contributed by atoms with Gasteiger partial charge in [-0.3, -0.25) is 29.7 Å². The fourth-order valence-corrected chi connectivity index (χ4v) is 18.4. The molecule has 632 valence electrons. The summed E-state index contributed by atoms with van der Waals surface area (Å²) in [5.41, 5.74) is 8.96. The van der Waals surface area contributed by atoms with E-state index in [1.165, 1.54) is 50.5 Å². The van der Waals surface area contributed by atoms with E-state index in [0.717, 1.165) is 117 Å². The highest BCUT2D eigenvalue weighted by atomic mass is 16.5. The number of hydrogen-bond acceptors (Lipinski definition) is 21. The Morgan fingerprint density at radius 2 is 0.752 bits per heavy atom. The summed E-state index contributed by atoms with van der Waals surface area (Å²) in [5.74, 6) is 3.09. The first kappa shape index (κ1) is 84.5. The van der Waals surface area contributed by atoms with Gasteiger partial charge in [-0.1, -0.05) is 83.2 Å². The van der Waals surface area contributed by atoms with Gasteiger partial charge in [0.15, 0.2) is 0 Å². The number of carbonyl (C=O) groups excluding carboxylic acids is 3. The molecule has 7 aromatic carbocycles. The Kier molecular flexibility index (Phi) is 26.6. The number of phenols is 3. The van der Waals surface area contributed by atoms with Gasteiger partial charge in [-0.2, -0.15) is 0 Å². The van der Waals surface area contributed by atoms with Crippen LogP contribution in [-0.4, -0.2) is 142 Å². The van der Waals surface area contributed by atoms with Crippen LogP contribution >= 0.6 is 0 Å². The number of phenolic OH excluding ortho intramolecular Hbond substituents is 3. The van der Waals surface area contributed by atoms with Crippen LogP contribution < -0.4 is 14.2 Å². The molecule has 121 heavy (non-hydrogen) atoms. The summed E-state index contributed by atoms with van der Waals surface area (Å²) in [5, 5.41) is 42.4. The summed E-state index contributed by atoms with van der Waals surface area (Å²) in [6.07, 6.45) is 26.3. The van der Waals surface area contributed by atoms with E-state index in [4.69, 9.17) is 41.7 Å². The summed E-state index contributed by atoms with van der Waals surface area (Å²) in [6, 6.07) is 38.3. The van der Waals surface area contributed by atoms with E-state index in [-0.39, 0.29) is 60.6 Å². The molecule has 0 radical (unpaired) electrons. The molecule has 3 aliphatic heterocycles. The van der Waals surface area contributed by atoms with Crippen LogP contribution in [-0.2, 0) is 20.6 Å². The molecule has 13 aromatic rings. The van der Waals surface area contributed by atoms with Gasteiger partial charge in [0.2, 0.25) is 0 Å². The van der Waals surface area contributed by atoms with Crippen molar-refractivity contribution in [3.8, 4) is 34.5 Å². The fourth-order valence-electron chi connectivity index (χ4n) is 18.4. The van der Waals surface area contributed by atoms with E-state index < -0.39 is 17.9 Å². The van der Waals surface area contributed by atoms with Gasteiger partial charge < -0.3 is 57.0 Å². The van der Waals surface area contributed by atoms with Crippen LogP contribution in [0.2, 0.25) is 0 Å². The number of pyridine rings is 3. The molecule has 4 aliphatic rings. The lowest BCUT2D eigenvalue weighted by Crippen LogP contribution is -2.34. The summed E-state index contributed by atoms with van der Waals surface area (Å²) >= 11 is 0. The second-order valence-electron chi connectivity index (χ2n) is 33.5. The number of hydrogen-bond donors (Lipinski definition) is 3. The lowest BCUT2D eigenvalue weighted by Gasteiger charge is -2.36. The number of aromatic nitrogens is 3. The minimum Gasteiger partial charge on any atom is -0.507 e. The van der Waals surface area contributed by atoms with Crippen molar-refractivity contribution >= 4 is 83.1 Å². The molecule has 21 nitrogen and oxygen atoms in total. The molecule has 3 saturated heterocycles. The standard InChI is InChI=1S/C35H36N2O5.C33H38N2O5.C32H38N2O5/c1-3-40-35(39)29-23(2)42-34-27-13-12-26(41-21-16-24-10-6-4-7-11-24)22-28(27)33(38)31(30(29)34)32(25-14-17-36-18-15-25)37-19-8-5-9-20-37;1-3-38-33(37)27-21(2)40-32-25-12-11-24(39-20-22-9-5-6-10-22)19-26(25)31(36)29(28(27)32)30(23-13-15-34-16-14-23)35-17-7-4-8-18-35;1-6-37-31(36)25-20(2)39-30-23-11-10-22(38-19-32(3,4)5)18-24(23)29(35)27(26(25)30)28(21-12-14-33-15-13-21)34-16-8-7-9-17-34/h4,6-7,10-15,17-18,22,32,38H,3,5,8-9,16,19-21H2,1-2H3;11-16,19,22,30,36H,3-10,17-18,20H2,1-2H3;10-15,18,28,35H,6-9,16-17,19H2,1-5H3. The maximum Gasteiger partial charge on any atom is 0.342 e. The van der Waals surface area contributed by atoms with Crippen LogP contribution in [0.4, 0.5) is 0 Å². The highest BCUT2D eigenvalue weighted by Crippen LogP contribution is 2.53. The number of aromatic hydroxyl groups is 3. The quantitative estimate of drug-likeness (QED) is 0.0375. The molecule has 0 spiro atoms. The third-order valence-electron chi connectivity index (χ3n) is 24.0. The highest BCUT2D eigenvalue weighted by molar-refractivity contribution is 6.19. The van der Waals surface area contributed by atoms with Crippen LogP contribution in [0.5, 0.6) is 34.5 Å². The Morgan fingerprint density at radius 1 is 0.421 bits per heavy atom. The van der Waals surface area contributed by atoms with E-state index in [2.05, 4.69) is 62.6 Å². The molecule has 3 unspecified atom stereocenters. The van der Waals surface area contributed by atoms with Gasteiger partial charge in [0.1, 0.15) is 85.2 Å². The third kappa shape index (κ3) is 18.1. The molecule has 1 saturated carbocycles. The lowest BCUT2D eigenvalue weighted by molar-refractivity contribution is 0.0516. The molecule has 6 aromatic heterocycles. The molecule has 3 atom stereocenters. The van der Waals surface area contributed by atoms with Crippen molar-refractivity contribution in [2.24, 2.45) is 11.3 Å². The zero-order valence-electron chi connectivity index (χ0n) is 71.1. The van der Waals surface area contributed by atoms with E-state index in [9.17, 15) is 29.7 Å². The highest BCUT2D eigenvalue weighted by Gasteiger charge is 2.39. The van der Waals surface area contributed by atoms with Crippen LogP contribution in [0, 0.1) is 32.1 Å². The number of piperidine rings is 3. The van der Waals surface area contributed by atoms with Gasteiger partial charge in [0.05, 0.1) is 57.8 Å². The Labute approximate surface area is 706 Å². The molecule has 21 heteroatoms. The second-order valence-corrected chi connectivity index (χ2v) is 33.5. The summed E-state index contributed by atoms with van der Waals surface area (Å²) in [6.45, 7) is 24.8. The Bertz CT molecular complexity index is 5800. The number of furan rings is 3. The molecule has 0 bridgehead atoms. The van der Waals surface area contributed by atoms with Crippen LogP contribution in [0.3, 0.4) is 0 Å². The predicted octanol–water partition coefficient (Wildman–Crippen LogP) is 21.9. The number of fused-ring (bicyclic) bond motifs is 9. The molecular formula is C100H112N6O15. The van der Waals surface area contributed by atoms with Gasteiger partial charge in [-0.15, -0.1) is 0 Å². The zero-order chi connectivity index (χ0) is 84.4. The first-order valence-electron chi connectivity index (χ1n) is 43.3. The fraction of sp³-hybridized carbons (Fsp3) is 0.400. The second kappa shape index (κ2) is 38.0. The monoisotopic (exact) mass is 1640 g/mol. The van der Waals surface area contributed by atoms with Crippen molar-refractivity contribution in [1.29, 1.82) is 0 Å². The van der Waals surface area contributed by atoms with Gasteiger partial charge in [0.25, 0.3) is 0 Å². The Balaban J connectivity index is 0.000000141. The van der Waals surface area contributed by atoms with Crippen LogP contribution in [0.1, 0.15) is 230 Å². The van der Waals surface area contributed by atoms with Gasteiger partial charge in [0, 0.05) is 109 Å². The summed E-state index contributed by atoms with van der Waals surface area (Å²) in [7, 11) is 0. The average Bonchev–Trinajstić information content (AvgIpc) is 1.59. The smallest absolute Gasteiger partial charge is 0.342 e. The largest absolute Gasteiger partial charge is 0.507 e. The van der Waals surface area contributed by atoms with E-state index in [1.807, 2.05) is 109 Å². The van der Waals surface area contributed by atoms with Crippen molar-refractivity contribution in [2.75, 3.05) is 78.9 Å². The SMILES string of the molecule is CCOC(=O)c1c(C)oc2c1c(C(c1ccncc1)N1CCCCC1)c(O)c1cc(OCC(C)(C)C)ccc12.CCOC(=O)c1c(C)oc2c1c(C(c1ccncc1)N1CCCCC1)c(O)c1cc(OCC3CCCC3)ccc12.CCOC(=O)c1c(C)oc2c1c(C(c1ccncc1)N1CCCCC1)c(O)c1cc(OCCc3ccccc3)ccc12. The zero-order valence-corrected chi connectivity index (χ0v) is 71.1. The number of nitrogens with zero attached hydrogens (tertiary/aromatic N) is 6. The number of carbonyl (C=O) groups is 3. The number of rotatable bonds is 24. The first-order chi connectivity index (χ1) is 58.8. The molecule has 1 aliphatic carbocycles. The molecular weight excluding hydrogens is 1530 g/mol. The van der Waals surface area contributed by atoms with Crippen LogP contribution in [0.15, 0.2) is 172 Å². The number of ether oxygens (including phenoxy) is 6. The maximum atomic E-state index is 13.4. The molecule has 4 fully saturated rings. The summed E-state index contributed by atoms with van der Waals surface area (Å²) in [4.78, 5) is 59.9. The third-order valence-corrected chi connectivity index (χ3v) is 24.0. The topological polar surface area (TPSA) is 255 Å². The first-order valence-corrected chi connectivity index (χ1v) is 43.3. The van der Waals surface area contributed by atoms with Gasteiger partial charge in [-0.05, 0) is 257 Å². The van der Waals surface area contributed by atoms with Crippen molar-refractivity contribution < 1.29 is 71.4 Å². The predicted molar refractivity (Wildman–Crippen MR) is 471 cm³/mol. The van der Waals surface area contributed by atoms with Crippen LogP contribution in [0.25, 0.3) is 65.2 Å². The normalized spacial score (nSPS) is 15.9. The van der Waals surface area contributed by atoms with Gasteiger partial charge >= 0.3 is 17.9 Å².